The van der Waals surface area contributed by atoms with E-state index in [1.807, 2.05) is 13.8 Å². The summed E-state index contributed by atoms with van der Waals surface area (Å²) in [5, 5.41) is 10.8. The van der Waals surface area contributed by atoms with Gasteiger partial charge in [-0.2, -0.15) is 0 Å². The molecular weight excluding hydrogens is 190 g/mol. The standard InChI is InChI=1S/C11H19N3O/c1-8-11(9(2)15-14-8)7-12-6-10-4-3-5-13-10/h10,12-13H,3-7H2,1-2H3. The Morgan fingerprint density at radius 1 is 1.53 bits per heavy atom. The highest BCUT2D eigenvalue weighted by Gasteiger charge is 2.14. The molecule has 0 radical (unpaired) electrons. The van der Waals surface area contributed by atoms with Crippen molar-refractivity contribution < 1.29 is 4.52 Å². The van der Waals surface area contributed by atoms with Crippen molar-refractivity contribution in [3.8, 4) is 0 Å². The van der Waals surface area contributed by atoms with Crippen LogP contribution in [0.2, 0.25) is 0 Å². The summed E-state index contributed by atoms with van der Waals surface area (Å²) in [6.45, 7) is 7.01. The summed E-state index contributed by atoms with van der Waals surface area (Å²) < 4.78 is 5.11. The molecule has 1 aromatic rings. The van der Waals surface area contributed by atoms with Gasteiger partial charge in [0.05, 0.1) is 5.69 Å². The Balaban J connectivity index is 1.77. The van der Waals surface area contributed by atoms with Crippen LogP contribution in [0.25, 0.3) is 0 Å². The van der Waals surface area contributed by atoms with E-state index in [4.69, 9.17) is 4.52 Å². The third-order valence-electron chi connectivity index (χ3n) is 3.04. The molecule has 0 aliphatic carbocycles. The molecule has 2 N–H and O–H groups in total. The van der Waals surface area contributed by atoms with Gasteiger partial charge in [-0.25, -0.2) is 0 Å². The molecule has 4 heteroatoms. The molecule has 0 aromatic carbocycles. The SMILES string of the molecule is Cc1noc(C)c1CNCC1CCCN1. The molecule has 0 spiro atoms. The lowest BCUT2D eigenvalue weighted by Gasteiger charge is -2.10. The minimum Gasteiger partial charge on any atom is -0.361 e. The average Bonchev–Trinajstić information content (AvgIpc) is 2.82. The van der Waals surface area contributed by atoms with Gasteiger partial charge >= 0.3 is 0 Å². The van der Waals surface area contributed by atoms with E-state index >= 15 is 0 Å². The minimum absolute atomic E-state index is 0.644. The van der Waals surface area contributed by atoms with Gasteiger partial charge in [-0.05, 0) is 33.2 Å². The van der Waals surface area contributed by atoms with Crippen LogP contribution < -0.4 is 10.6 Å². The Morgan fingerprint density at radius 3 is 3.00 bits per heavy atom. The van der Waals surface area contributed by atoms with Crippen LogP contribution in [0.5, 0.6) is 0 Å². The highest BCUT2D eigenvalue weighted by atomic mass is 16.5. The quantitative estimate of drug-likeness (QED) is 0.780. The van der Waals surface area contributed by atoms with Crippen LogP contribution in [0.4, 0.5) is 0 Å². The van der Waals surface area contributed by atoms with Gasteiger partial charge in [0, 0.05) is 24.7 Å². The second-order valence-corrected chi connectivity index (χ2v) is 4.23. The molecule has 1 unspecified atom stereocenters. The molecule has 1 aliphatic heterocycles. The Hall–Kier alpha value is -0.870. The van der Waals surface area contributed by atoms with E-state index in [1.54, 1.807) is 0 Å². The van der Waals surface area contributed by atoms with Crippen LogP contribution in [0.15, 0.2) is 4.52 Å². The molecule has 84 valence electrons. The Kier molecular flexibility index (Phi) is 3.38. The zero-order valence-electron chi connectivity index (χ0n) is 9.47. The minimum atomic E-state index is 0.644. The molecule has 1 aliphatic rings. The fourth-order valence-electron chi connectivity index (χ4n) is 2.06. The van der Waals surface area contributed by atoms with E-state index in [0.29, 0.717) is 6.04 Å². The van der Waals surface area contributed by atoms with E-state index in [9.17, 15) is 0 Å². The lowest BCUT2D eigenvalue weighted by atomic mass is 10.2. The van der Waals surface area contributed by atoms with Crippen molar-refractivity contribution in [2.75, 3.05) is 13.1 Å². The van der Waals surface area contributed by atoms with Gasteiger partial charge in [-0.1, -0.05) is 5.16 Å². The normalized spacial score (nSPS) is 21.1. The van der Waals surface area contributed by atoms with Crippen LogP contribution in [-0.2, 0) is 6.54 Å². The molecule has 1 fully saturated rings. The number of rotatable bonds is 4. The van der Waals surface area contributed by atoms with Crippen LogP contribution in [0.1, 0.15) is 29.9 Å². The number of aromatic nitrogens is 1. The molecule has 1 aromatic heterocycles. The first-order valence-electron chi connectivity index (χ1n) is 5.63. The van der Waals surface area contributed by atoms with Crippen molar-refractivity contribution in [3.05, 3.63) is 17.0 Å². The molecule has 4 nitrogen and oxygen atoms in total. The molecule has 1 saturated heterocycles. The fourth-order valence-corrected chi connectivity index (χ4v) is 2.06. The van der Waals surface area contributed by atoms with Crippen molar-refractivity contribution >= 4 is 0 Å². The van der Waals surface area contributed by atoms with Crippen molar-refractivity contribution in [3.63, 3.8) is 0 Å². The van der Waals surface area contributed by atoms with Gasteiger partial charge in [0.15, 0.2) is 0 Å². The highest BCUT2D eigenvalue weighted by Crippen LogP contribution is 2.11. The van der Waals surface area contributed by atoms with Gasteiger partial charge in [0.2, 0.25) is 0 Å². The zero-order valence-corrected chi connectivity index (χ0v) is 9.47. The highest BCUT2D eigenvalue weighted by molar-refractivity contribution is 5.20. The van der Waals surface area contributed by atoms with Gasteiger partial charge in [-0.15, -0.1) is 0 Å². The largest absolute Gasteiger partial charge is 0.361 e. The van der Waals surface area contributed by atoms with Crippen LogP contribution in [0, 0.1) is 13.8 Å². The smallest absolute Gasteiger partial charge is 0.138 e. The average molecular weight is 209 g/mol. The molecule has 0 bridgehead atoms. The number of hydrogen-bond acceptors (Lipinski definition) is 4. The Labute approximate surface area is 90.4 Å². The zero-order chi connectivity index (χ0) is 10.7. The molecule has 15 heavy (non-hydrogen) atoms. The van der Waals surface area contributed by atoms with Gasteiger partial charge < -0.3 is 15.2 Å². The Morgan fingerprint density at radius 2 is 2.40 bits per heavy atom. The first kappa shape index (κ1) is 10.6. The first-order valence-corrected chi connectivity index (χ1v) is 5.63. The van der Waals surface area contributed by atoms with E-state index in [-0.39, 0.29) is 0 Å². The summed E-state index contributed by atoms with van der Waals surface area (Å²) >= 11 is 0. The second kappa shape index (κ2) is 4.77. The first-order chi connectivity index (χ1) is 7.27. The van der Waals surface area contributed by atoms with E-state index in [1.165, 1.54) is 18.4 Å². The van der Waals surface area contributed by atoms with Crippen molar-refractivity contribution in [2.45, 2.75) is 39.3 Å². The van der Waals surface area contributed by atoms with Crippen LogP contribution >= 0.6 is 0 Å². The maximum Gasteiger partial charge on any atom is 0.138 e. The summed E-state index contributed by atoms with van der Waals surface area (Å²) in [6.07, 6.45) is 2.59. The van der Waals surface area contributed by atoms with Crippen LogP contribution in [0.3, 0.4) is 0 Å². The molecule has 0 amide bonds. The number of nitrogens with zero attached hydrogens (tertiary/aromatic N) is 1. The van der Waals surface area contributed by atoms with E-state index in [2.05, 4.69) is 15.8 Å². The number of hydrogen-bond donors (Lipinski definition) is 2. The Bertz CT molecular complexity index is 296. The second-order valence-electron chi connectivity index (χ2n) is 4.23. The fraction of sp³-hybridized carbons (Fsp3) is 0.727. The predicted octanol–water partition coefficient (Wildman–Crippen LogP) is 1.13. The van der Waals surface area contributed by atoms with E-state index in [0.717, 1.165) is 31.1 Å². The van der Waals surface area contributed by atoms with Crippen molar-refractivity contribution in [1.82, 2.24) is 15.8 Å². The van der Waals surface area contributed by atoms with Gasteiger partial charge in [0.1, 0.15) is 5.76 Å². The van der Waals surface area contributed by atoms with E-state index < -0.39 is 0 Å². The molecule has 2 heterocycles. The lowest BCUT2D eigenvalue weighted by molar-refractivity contribution is 0.391. The molecule has 0 saturated carbocycles. The maximum atomic E-state index is 5.11. The number of nitrogens with one attached hydrogen (secondary N) is 2. The third kappa shape index (κ3) is 2.58. The summed E-state index contributed by atoms with van der Waals surface area (Å²) in [7, 11) is 0. The monoisotopic (exact) mass is 209 g/mol. The van der Waals surface area contributed by atoms with Crippen molar-refractivity contribution in [2.24, 2.45) is 0 Å². The van der Waals surface area contributed by atoms with Gasteiger partial charge in [-0.3, -0.25) is 0 Å². The van der Waals surface area contributed by atoms with Gasteiger partial charge in [0.25, 0.3) is 0 Å². The van der Waals surface area contributed by atoms with Crippen LogP contribution in [-0.4, -0.2) is 24.3 Å². The number of aryl methyl sites for hydroxylation is 2. The molecule has 1 atom stereocenters. The predicted molar refractivity (Wildman–Crippen MR) is 58.7 cm³/mol. The molecular formula is C11H19N3O. The van der Waals surface area contributed by atoms with Crippen molar-refractivity contribution in [1.29, 1.82) is 0 Å². The molecule has 2 rings (SSSR count). The third-order valence-corrected chi connectivity index (χ3v) is 3.04. The summed E-state index contributed by atoms with van der Waals surface area (Å²) in [6, 6.07) is 0.644. The summed E-state index contributed by atoms with van der Waals surface area (Å²) in [4.78, 5) is 0. The summed E-state index contributed by atoms with van der Waals surface area (Å²) in [5.41, 5.74) is 2.20. The maximum absolute atomic E-state index is 5.11. The summed E-state index contributed by atoms with van der Waals surface area (Å²) in [5.74, 6) is 0.930. The topological polar surface area (TPSA) is 50.1 Å². The lowest BCUT2D eigenvalue weighted by Crippen LogP contribution is -2.33.